The van der Waals surface area contributed by atoms with E-state index in [1.807, 2.05) is 0 Å². The van der Waals surface area contributed by atoms with Gasteiger partial charge < -0.3 is 20.3 Å². The smallest absolute Gasteiger partial charge is 0.305 e. The Hall–Kier alpha value is -1.66. The van der Waals surface area contributed by atoms with E-state index in [0.29, 0.717) is 25.9 Å². The summed E-state index contributed by atoms with van der Waals surface area (Å²) in [6, 6.07) is -0.546. The normalized spacial score (nSPS) is 12.7. The Kier molecular flexibility index (Phi) is 59.5. The summed E-state index contributed by atoms with van der Waals surface area (Å²) in [5.74, 6) is -0.0353. The predicted molar refractivity (Wildman–Crippen MR) is 310 cm³/mol. The van der Waals surface area contributed by atoms with E-state index < -0.39 is 12.1 Å². The number of amides is 1. The second kappa shape index (κ2) is 60.9. The molecule has 0 heterocycles. The van der Waals surface area contributed by atoms with Crippen LogP contribution in [0.5, 0.6) is 0 Å². The number of rotatable bonds is 60. The van der Waals surface area contributed by atoms with Gasteiger partial charge >= 0.3 is 5.97 Å². The molecule has 0 aliphatic heterocycles. The average molecular weight is 1000 g/mol. The lowest BCUT2D eigenvalue weighted by molar-refractivity contribution is -0.143. The second-order valence-electron chi connectivity index (χ2n) is 22.1. The first kappa shape index (κ1) is 69.3. The van der Waals surface area contributed by atoms with Crippen LogP contribution in [0.25, 0.3) is 0 Å². The molecule has 2 unspecified atom stereocenters. The molecule has 0 aromatic rings. The van der Waals surface area contributed by atoms with Crippen LogP contribution < -0.4 is 5.32 Å². The van der Waals surface area contributed by atoms with E-state index in [1.54, 1.807) is 0 Å². The monoisotopic (exact) mass is 1000 g/mol. The lowest BCUT2D eigenvalue weighted by Gasteiger charge is -2.22. The van der Waals surface area contributed by atoms with Gasteiger partial charge in [-0.3, -0.25) is 9.59 Å². The lowest BCUT2D eigenvalue weighted by Crippen LogP contribution is -2.45. The van der Waals surface area contributed by atoms with Crippen LogP contribution >= 0.6 is 0 Å². The number of allylic oxidation sites excluding steroid dienone is 4. The molecule has 0 bridgehead atoms. The van der Waals surface area contributed by atoms with E-state index in [9.17, 15) is 19.8 Å². The van der Waals surface area contributed by atoms with Crippen molar-refractivity contribution in [3.8, 4) is 0 Å². The fraction of sp³-hybridized carbons (Fsp3) is 0.908. The quantitative estimate of drug-likeness (QED) is 0.0320. The highest BCUT2D eigenvalue weighted by molar-refractivity contribution is 5.76. The third kappa shape index (κ3) is 57.5. The number of esters is 1. The molecule has 0 saturated carbocycles. The SMILES string of the molecule is CCCCCCC/C=C\CCCCCCCC(=O)OCCCCCCCCCCCCCC/C=C\CCCCCCCCCC(=O)NC(CO)C(O)CCCCCCCCCCCCCCCCCCC. The number of hydrogen-bond acceptors (Lipinski definition) is 5. The van der Waals surface area contributed by atoms with Gasteiger partial charge in [0.15, 0.2) is 0 Å². The van der Waals surface area contributed by atoms with Crippen molar-refractivity contribution in [3.05, 3.63) is 24.3 Å². The minimum absolute atomic E-state index is 0.00344. The van der Waals surface area contributed by atoms with Crippen LogP contribution in [0.15, 0.2) is 24.3 Å². The standard InChI is InChI=1S/C65H125NO5/c1-3-5-7-9-11-13-15-17-19-27-30-33-37-41-45-49-53-57-63(68)62(61-67)66-64(69)58-54-50-46-42-38-34-31-28-25-23-21-20-22-24-26-29-32-36-40-44-48-52-56-60-71-65(70)59-55-51-47-43-39-35-18-16-14-12-10-8-6-4-2/h16,18,23,25,62-63,67-68H,3-15,17,19-22,24,26-61H2,1-2H3,(H,66,69)/b18-16-,25-23-. The molecule has 0 aromatic heterocycles. The molecule has 1 amide bonds. The molecular weight excluding hydrogens is 875 g/mol. The van der Waals surface area contributed by atoms with Crippen LogP contribution in [0.4, 0.5) is 0 Å². The number of nitrogens with one attached hydrogen (secondary N) is 1. The topological polar surface area (TPSA) is 95.9 Å². The second-order valence-corrected chi connectivity index (χ2v) is 22.1. The Morgan fingerprint density at radius 1 is 0.380 bits per heavy atom. The highest BCUT2D eigenvalue weighted by Crippen LogP contribution is 2.18. The molecule has 3 N–H and O–H groups in total. The molecule has 71 heavy (non-hydrogen) atoms. The highest BCUT2D eigenvalue weighted by atomic mass is 16.5. The van der Waals surface area contributed by atoms with Gasteiger partial charge in [-0.1, -0.05) is 289 Å². The molecule has 0 aromatic carbocycles. The van der Waals surface area contributed by atoms with E-state index in [4.69, 9.17) is 4.74 Å². The van der Waals surface area contributed by atoms with Crippen LogP contribution in [0, 0.1) is 0 Å². The number of aliphatic hydroxyl groups excluding tert-OH is 2. The summed E-state index contributed by atoms with van der Waals surface area (Å²) in [5.41, 5.74) is 0. The van der Waals surface area contributed by atoms with Crippen LogP contribution in [-0.2, 0) is 14.3 Å². The molecule has 6 nitrogen and oxygen atoms in total. The summed E-state index contributed by atoms with van der Waals surface area (Å²) in [6.45, 7) is 4.96. The largest absolute Gasteiger partial charge is 0.466 e. The zero-order chi connectivity index (χ0) is 51.4. The van der Waals surface area contributed by atoms with Crippen molar-refractivity contribution in [2.24, 2.45) is 0 Å². The Morgan fingerprint density at radius 3 is 1.00 bits per heavy atom. The van der Waals surface area contributed by atoms with Crippen molar-refractivity contribution in [2.75, 3.05) is 13.2 Å². The van der Waals surface area contributed by atoms with Crippen molar-refractivity contribution >= 4 is 11.9 Å². The van der Waals surface area contributed by atoms with Crippen molar-refractivity contribution < 1.29 is 24.5 Å². The Labute approximate surface area is 443 Å². The minimum atomic E-state index is -0.668. The molecular formula is C65H125NO5. The first-order valence-electron chi connectivity index (χ1n) is 32.1. The third-order valence-electron chi connectivity index (χ3n) is 15.0. The first-order valence-corrected chi connectivity index (χ1v) is 32.1. The molecule has 0 saturated heterocycles. The molecule has 2 atom stereocenters. The minimum Gasteiger partial charge on any atom is -0.466 e. The maximum absolute atomic E-state index is 12.5. The van der Waals surface area contributed by atoms with Gasteiger partial charge in [-0.05, 0) is 77.0 Å². The summed E-state index contributed by atoms with van der Waals surface area (Å²) < 4.78 is 5.48. The number of ether oxygens (including phenoxy) is 1. The summed E-state index contributed by atoms with van der Waals surface area (Å²) in [7, 11) is 0. The fourth-order valence-electron chi connectivity index (χ4n) is 10.0. The van der Waals surface area contributed by atoms with Gasteiger partial charge in [0.1, 0.15) is 0 Å². The van der Waals surface area contributed by atoms with Crippen LogP contribution in [0.3, 0.4) is 0 Å². The molecule has 0 radical (unpaired) electrons. The van der Waals surface area contributed by atoms with E-state index in [0.717, 1.165) is 44.9 Å². The Bertz CT molecular complexity index is 1110. The summed E-state index contributed by atoms with van der Waals surface area (Å²) in [4.78, 5) is 24.5. The Morgan fingerprint density at radius 2 is 0.662 bits per heavy atom. The van der Waals surface area contributed by atoms with Gasteiger partial charge in [0, 0.05) is 12.8 Å². The highest BCUT2D eigenvalue weighted by Gasteiger charge is 2.20. The Balaban J connectivity index is 3.41. The third-order valence-corrected chi connectivity index (χ3v) is 15.0. The number of carbonyl (C=O) groups is 2. The number of aliphatic hydroxyl groups is 2. The van der Waals surface area contributed by atoms with Gasteiger partial charge in [-0.15, -0.1) is 0 Å². The zero-order valence-electron chi connectivity index (χ0n) is 48.0. The van der Waals surface area contributed by atoms with E-state index in [1.165, 1.54) is 276 Å². The van der Waals surface area contributed by atoms with E-state index in [2.05, 4.69) is 43.5 Å². The van der Waals surface area contributed by atoms with Gasteiger partial charge in [0.2, 0.25) is 5.91 Å². The average Bonchev–Trinajstić information content (AvgIpc) is 3.37. The maximum Gasteiger partial charge on any atom is 0.305 e. The van der Waals surface area contributed by atoms with Gasteiger partial charge in [0.05, 0.1) is 25.4 Å². The lowest BCUT2D eigenvalue weighted by atomic mass is 10.0. The van der Waals surface area contributed by atoms with Crippen LogP contribution in [0.2, 0.25) is 0 Å². The first-order chi connectivity index (χ1) is 35.0. The molecule has 6 heteroatoms. The van der Waals surface area contributed by atoms with Crippen molar-refractivity contribution in [2.45, 2.75) is 366 Å². The molecule has 0 rings (SSSR count). The molecule has 0 spiro atoms. The predicted octanol–water partition coefficient (Wildman–Crippen LogP) is 20.2. The molecule has 0 fully saturated rings. The van der Waals surface area contributed by atoms with E-state index >= 15 is 0 Å². The maximum atomic E-state index is 12.5. The van der Waals surface area contributed by atoms with Gasteiger partial charge in [-0.25, -0.2) is 0 Å². The molecule has 0 aliphatic rings. The van der Waals surface area contributed by atoms with Crippen molar-refractivity contribution in [3.63, 3.8) is 0 Å². The fourth-order valence-corrected chi connectivity index (χ4v) is 10.0. The molecule has 0 aliphatic carbocycles. The summed E-state index contributed by atoms with van der Waals surface area (Å²) in [5, 5.41) is 23.3. The number of carbonyl (C=O) groups excluding carboxylic acids is 2. The van der Waals surface area contributed by atoms with Crippen molar-refractivity contribution in [1.29, 1.82) is 0 Å². The zero-order valence-corrected chi connectivity index (χ0v) is 48.0. The van der Waals surface area contributed by atoms with Gasteiger partial charge in [-0.2, -0.15) is 0 Å². The van der Waals surface area contributed by atoms with Gasteiger partial charge in [0.25, 0.3) is 0 Å². The number of hydrogen-bond donors (Lipinski definition) is 3. The van der Waals surface area contributed by atoms with Crippen molar-refractivity contribution in [1.82, 2.24) is 5.32 Å². The number of unbranched alkanes of at least 4 members (excludes halogenated alkanes) is 45. The van der Waals surface area contributed by atoms with Crippen LogP contribution in [-0.4, -0.2) is 47.4 Å². The molecule has 420 valence electrons. The summed E-state index contributed by atoms with van der Waals surface area (Å²) >= 11 is 0. The van der Waals surface area contributed by atoms with E-state index in [-0.39, 0.29) is 18.5 Å². The van der Waals surface area contributed by atoms with Crippen LogP contribution in [0.1, 0.15) is 354 Å². The summed E-state index contributed by atoms with van der Waals surface area (Å²) in [6.07, 6.45) is 74.8.